The summed E-state index contributed by atoms with van der Waals surface area (Å²) in [4.78, 5) is 25.5. The minimum Gasteiger partial charge on any atom is -0.543 e. The van der Waals surface area contributed by atoms with E-state index in [1.807, 2.05) is 20.8 Å². The number of methoxy groups -OCH3 is 1. The van der Waals surface area contributed by atoms with E-state index >= 15 is 0 Å². The van der Waals surface area contributed by atoms with Crippen molar-refractivity contribution in [2.24, 2.45) is 11.8 Å². The number of fused-ring (bicyclic) bond motifs is 1. The number of cyclic esters (lactones) is 1. The molecule has 0 bridgehead atoms. The molecule has 1 saturated carbocycles. The van der Waals surface area contributed by atoms with E-state index in [1.165, 1.54) is 5.57 Å². The number of carbonyl (C=O) groups is 2. The summed E-state index contributed by atoms with van der Waals surface area (Å²) in [5, 5.41) is -0.0419. The molecule has 0 N–H and O–H groups in total. The molecule has 1 fully saturated rings. The molecule has 0 aromatic heterocycles. The first kappa shape index (κ1) is 28.3. The van der Waals surface area contributed by atoms with Gasteiger partial charge in [-0.15, -0.1) is 0 Å². The summed E-state index contributed by atoms with van der Waals surface area (Å²) in [6, 6.07) is 0. The van der Waals surface area contributed by atoms with Gasteiger partial charge in [-0.05, 0) is 69.1 Å². The van der Waals surface area contributed by atoms with Crippen molar-refractivity contribution in [2.75, 3.05) is 13.7 Å². The Balaban J connectivity index is 2.11. The number of hydrogen-bond acceptors (Lipinski definition) is 6. The summed E-state index contributed by atoms with van der Waals surface area (Å²) in [6.07, 6.45) is 6.96. The summed E-state index contributed by atoms with van der Waals surface area (Å²) >= 11 is 0. The molecule has 2 aliphatic rings. The molecule has 0 amide bonds. The maximum atomic E-state index is 12.9. The average molecular weight is 517 g/mol. The van der Waals surface area contributed by atoms with Gasteiger partial charge in [-0.25, -0.2) is 4.79 Å². The maximum Gasteiger partial charge on any atom is 0.342 e. The SMILES string of the molecule is CCOC(=O)[C@H](C)C1CCCCC1=CCc1c(OC)c(C)c2c(c1O[Si](C)(C)C(C)(C)C)C(=O)OC2. The van der Waals surface area contributed by atoms with Crippen molar-refractivity contribution in [3.05, 3.63) is 33.9 Å². The largest absolute Gasteiger partial charge is 0.543 e. The number of esters is 2. The fraction of sp³-hybridized carbons (Fsp3) is 0.655. The van der Waals surface area contributed by atoms with E-state index in [4.69, 9.17) is 18.6 Å². The van der Waals surface area contributed by atoms with Crippen molar-refractivity contribution >= 4 is 20.3 Å². The van der Waals surface area contributed by atoms with Gasteiger partial charge >= 0.3 is 11.9 Å². The number of allylic oxidation sites excluding steroid dienone is 2. The molecule has 6 nitrogen and oxygen atoms in total. The minimum atomic E-state index is -2.27. The van der Waals surface area contributed by atoms with Crippen molar-refractivity contribution < 1.29 is 28.2 Å². The Morgan fingerprint density at radius 2 is 1.92 bits per heavy atom. The van der Waals surface area contributed by atoms with Crippen molar-refractivity contribution in [1.82, 2.24) is 0 Å². The highest BCUT2D eigenvalue weighted by Crippen LogP contribution is 2.47. The van der Waals surface area contributed by atoms with Gasteiger partial charge in [-0.3, -0.25) is 4.79 Å². The van der Waals surface area contributed by atoms with Gasteiger partial charge in [0.2, 0.25) is 0 Å². The molecule has 1 unspecified atom stereocenters. The van der Waals surface area contributed by atoms with Crippen LogP contribution in [0.15, 0.2) is 11.6 Å². The first-order valence-electron chi connectivity index (χ1n) is 13.3. The van der Waals surface area contributed by atoms with E-state index in [0.29, 0.717) is 24.3 Å². The van der Waals surface area contributed by atoms with Gasteiger partial charge in [-0.1, -0.05) is 45.8 Å². The van der Waals surface area contributed by atoms with Crippen LogP contribution in [-0.2, 0) is 27.3 Å². The number of rotatable bonds is 8. The van der Waals surface area contributed by atoms with Gasteiger partial charge in [0.25, 0.3) is 8.32 Å². The number of hydrogen-bond donors (Lipinski definition) is 0. The van der Waals surface area contributed by atoms with Crippen molar-refractivity contribution in [1.29, 1.82) is 0 Å². The highest BCUT2D eigenvalue weighted by molar-refractivity contribution is 6.74. The second-order valence-electron chi connectivity index (χ2n) is 11.6. The molecule has 200 valence electrons. The molecule has 1 aromatic carbocycles. The molecule has 1 heterocycles. The molecule has 1 aromatic rings. The van der Waals surface area contributed by atoms with Gasteiger partial charge in [0.15, 0.2) is 0 Å². The quantitative estimate of drug-likeness (QED) is 0.212. The number of benzene rings is 1. The third-order valence-electron chi connectivity index (χ3n) is 8.33. The van der Waals surface area contributed by atoms with Crippen LogP contribution in [0, 0.1) is 18.8 Å². The van der Waals surface area contributed by atoms with E-state index in [0.717, 1.165) is 48.1 Å². The number of ether oxygens (including phenoxy) is 3. The first-order chi connectivity index (χ1) is 16.8. The smallest absolute Gasteiger partial charge is 0.342 e. The Morgan fingerprint density at radius 1 is 1.22 bits per heavy atom. The van der Waals surface area contributed by atoms with Crippen LogP contribution in [0.1, 0.15) is 87.4 Å². The zero-order valence-electron chi connectivity index (χ0n) is 23.6. The van der Waals surface area contributed by atoms with Crippen LogP contribution in [0.25, 0.3) is 0 Å². The molecule has 0 spiro atoms. The predicted molar refractivity (Wildman–Crippen MR) is 144 cm³/mol. The van der Waals surface area contributed by atoms with Crippen LogP contribution in [0.4, 0.5) is 0 Å². The van der Waals surface area contributed by atoms with Crippen LogP contribution in [0.5, 0.6) is 11.5 Å². The highest BCUT2D eigenvalue weighted by Gasteiger charge is 2.42. The van der Waals surface area contributed by atoms with E-state index < -0.39 is 8.32 Å². The minimum absolute atomic E-state index is 0.0419. The van der Waals surface area contributed by atoms with E-state index in [1.54, 1.807) is 7.11 Å². The fourth-order valence-corrected chi connectivity index (χ4v) is 6.13. The Bertz CT molecular complexity index is 1030. The van der Waals surface area contributed by atoms with Crippen LogP contribution in [0.2, 0.25) is 18.1 Å². The van der Waals surface area contributed by atoms with Crippen molar-refractivity contribution in [3.63, 3.8) is 0 Å². The average Bonchev–Trinajstić information content (AvgIpc) is 3.20. The highest BCUT2D eigenvalue weighted by atomic mass is 28.4. The van der Waals surface area contributed by atoms with Crippen LogP contribution >= 0.6 is 0 Å². The second-order valence-corrected chi connectivity index (χ2v) is 16.4. The predicted octanol–water partition coefficient (Wildman–Crippen LogP) is 6.92. The van der Waals surface area contributed by atoms with Crippen molar-refractivity contribution in [2.45, 2.75) is 98.4 Å². The van der Waals surface area contributed by atoms with Crippen LogP contribution in [0.3, 0.4) is 0 Å². The van der Waals surface area contributed by atoms with E-state index in [2.05, 4.69) is 39.9 Å². The Kier molecular flexibility index (Phi) is 8.64. The standard InChI is InChI=1S/C29H44O6Si/c1-10-33-27(30)19(3)21-14-12-11-13-20(21)15-16-22-25(32-7)18(2)23-17-34-28(31)24(23)26(22)35-36(8,9)29(4,5)6/h15,19,21H,10-14,16-17H2,1-9H3/t19-,21?/m1/s1. The third kappa shape index (κ3) is 5.51. The third-order valence-corrected chi connectivity index (χ3v) is 12.7. The normalized spacial score (nSPS) is 20.1. The lowest BCUT2D eigenvalue weighted by Gasteiger charge is -2.38. The topological polar surface area (TPSA) is 71.1 Å². The molecule has 0 saturated heterocycles. The van der Waals surface area contributed by atoms with Gasteiger partial charge in [0.1, 0.15) is 23.7 Å². The van der Waals surface area contributed by atoms with Gasteiger partial charge in [-0.2, -0.15) is 0 Å². The molecule has 0 radical (unpaired) electrons. The Morgan fingerprint density at radius 3 is 2.53 bits per heavy atom. The van der Waals surface area contributed by atoms with Gasteiger partial charge < -0.3 is 18.6 Å². The van der Waals surface area contributed by atoms with Gasteiger partial charge in [0.05, 0.1) is 19.6 Å². The lowest BCUT2D eigenvalue weighted by atomic mass is 9.76. The monoisotopic (exact) mass is 516 g/mol. The maximum absolute atomic E-state index is 12.9. The van der Waals surface area contributed by atoms with E-state index in [-0.39, 0.29) is 35.4 Å². The summed E-state index contributed by atoms with van der Waals surface area (Å²) < 4.78 is 23.6. The zero-order valence-corrected chi connectivity index (χ0v) is 24.6. The molecule has 1 aliphatic heterocycles. The summed E-state index contributed by atoms with van der Waals surface area (Å²) in [5.74, 6) is 0.885. The fourth-order valence-electron chi connectivity index (χ4n) is 5.09. The summed E-state index contributed by atoms with van der Waals surface area (Å²) in [5.41, 5.74) is 4.50. The molecule has 2 atom stereocenters. The second kappa shape index (κ2) is 11.0. The molecule has 7 heteroatoms. The molecule has 1 aliphatic carbocycles. The summed E-state index contributed by atoms with van der Waals surface area (Å²) in [6.45, 7) is 17.4. The molecular weight excluding hydrogens is 472 g/mol. The lowest BCUT2D eigenvalue weighted by Crippen LogP contribution is -2.44. The lowest BCUT2D eigenvalue weighted by molar-refractivity contribution is -0.149. The van der Waals surface area contributed by atoms with E-state index in [9.17, 15) is 9.59 Å². The molecule has 36 heavy (non-hydrogen) atoms. The van der Waals surface area contributed by atoms with Gasteiger partial charge in [0, 0.05) is 11.1 Å². The molecule has 3 rings (SSSR count). The summed E-state index contributed by atoms with van der Waals surface area (Å²) in [7, 11) is -0.600. The van der Waals surface area contributed by atoms with Crippen LogP contribution < -0.4 is 9.16 Å². The molecular formula is C29H44O6Si. The zero-order chi connectivity index (χ0) is 26.8. The van der Waals surface area contributed by atoms with Crippen molar-refractivity contribution in [3.8, 4) is 11.5 Å². The first-order valence-corrected chi connectivity index (χ1v) is 16.2. The Labute approximate surface area is 217 Å². The number of carbonyl (C=O) groups excluding carboxylic acids is 2. The van der Waals surface area contributed by atoms with Crippen LogP contribution in [-0.4, -0.2) is 34.0 Å². The Hall–Kier alpha value is -2.28.